The van der Waals surface area contributed by atoms with Crippen LogP contribution in [0.25, 0.3) is 0 Å². The van der Waals surface area contributed by atoms with Crippen LogP contribution >= 0.6 is 0 Å². The average Bonchev–Trinajstić information content (AvgIpc) is 2.97. The lowest BCUT2D eigenvalue weighted by Gasteiger charge is -2.71. The molecule has 0 amide bonds. The molecule has 0 radical (unpaired) electrons. The van der Waals surface area contributed by atoms with Crippen molar-refractivity contribution < 1.29 is 8.78 Å². The van der Waals surface area contributed by atoms with Crippen molar-refractivity contribution in [1.29, 1.82) is 0 Å². The van der Waals surface area contributed by atoms with E-state index in [2.05, 4.69) is 5.10 Å². The van der Waals surface area contributed by atoms with E-state index in [9.17, 15) is 13.6 Å². The van der Waals surface area contributed by atoms with Crippen molar-refractivity contribution >= 4 is 0 Å². The third-order valence-corrected chi connectivity index (χ3v) is 6.40. The Morgan fingerprint density at radius 1 is 1.21 bits per heavy atom. The van der Waals surface area contributed by atoms with Gasteiger partial charge >= 0.3 is 5.69 Å². The fraction of sp³-hybridized carbons (Fsp3) is 0.556. The highest BCUT2D eigenvalue weighted by atomic mass is 19.3. The van der Waals surface area contributed by atoms with Crippen molar-refractivity contribution in [2.75, 3.05) is 0 Å². The Balaban J connectivity index is 1.50. The zero-order valence-corrected chi connectivity index (χ0v) is 13.5. The van der Waals surface area contributed by atoms with Crippen molar-refractivity contribution in [3.63, 3.8) is 0 Å². The van der Waals surface area contributed by atoms with Crippen molar-refractivity contribution in [2.45, 2.75) is 56.5 Å². The van der Waals surface area contributed by atoms with Crippen LogP contribution in [-0.4, -0.2) is 20.3 Å². The molecule has 1 aromatic carbocycles. The van der Waals surface area contributed by atoms with Crippen LogP contribution in [0.3, 0.4) is 0 Å². The molecule has 0 saturated heterocycles. The fourth-order valence-electron chi connectivity index (χ4n) is 5.02. The zero-order valence-electron chi connectivity index (χ0n) is 13.5. The molecule has 24 heavy (non-hydrogen) atoms. The molecule has 6 rings (SSSR count). The van der Waals surface area contributed by atoms with E-state index in [0.717, 1.165) is 31.2 Å². The SMILES string of the molecule is CC(F)(F)C12CC(n3nc4n(c3=O)[C@H](c3ccccc3)CC4)(C1)C2. The summed E-state index contributed by atoms with van der Waals surface area (Å²) < 4.78 is 30.7. The molecular weight excluding hydrogens is 312 g/mol. The monoisotopic (exact) mass is 331 g/mol. The van der Waals surface area contributed by atoms with Crippen LogP contribution in [0.5, 0.6) is 0 Å². The molecule has 2 bridgehead atoms. The van der Waals surface area contributed by atoms with Crippen LogP contribution in [0.4, 0.5) is 8.78 Å². The normalized spacial score (nSPS) is 33.7. The molecule has 3 fully saturated rings. The quantitative estimate of drug-likeness (QED) is 0.867. The average molecular weight is 331 g/mol. The summed E-state index contributed by atoms with van der Waals surface area (Å²) >= 11 is 0. The molecular formula is C18H19F2N3O. The Hall–Kier alpha value is -1.98. The maximum Gasteiger partial charge on any atom is 0.347 e. The van der Waals surface area contributed by atoms with Gasteiger partial charge in [-0.25, -0.2) is 18.3 Å². The van der Waals surface area contributed by atoms with Gasteiger partial charge < -0.3 is 0 Å². The molecule has 4 aliphatic rings. The second-order valence-electron chi connectivity index (χ2n) is 7.87. The third kappa shape index (κ3) is 1.57. The minimum Gasteiger partial charge on any atom is -0.271 e. The first kappa shape index (κ1) is 14.4. The minimum atomic E-state index is -2.67. The van der Waals surface area contributed by atoms with E-state index in [0.29, 0.717) is 19.3 Å². The number of halogens is 2. The lowest BCUT2D eigenvalue weighted by Crippen LogP contribution is -2.74. The number of aromatic nitrogens is 3. The van der Waals surface area contributed by atoms with E-state index in [1.807, 2.05) is 30.3 Å². The van der Waals surface area contributed by atoms with E-state index in [4.69, 9.17) is 0 Å². The lowest BCUT2D eigenvalue weighted by atomic mass is 9.37. The summed E-state index contributed by atoms with van der Waals surface area (Å²) in [5.74, 6) is -1.89. The molecule has 2 aromatic rings. The van der Waals surface area contributed by atoms with Gasteiger partial charge in [-0.2, -0.15) is 5.10 Å². The van der Waals surface area contributed by atoms with Crippen molar-refractivity contribution in [2.24, 2.45) is 5.41 Å². The van der Waals surface area contributed by atoms with Gasteiger partial charge in [0.2, 0.25) is 0 Å². The third-order valence-electron chi connectivity index (χ3n) is 6.40. The maximum absolute atomic E-state index is 13.7. The molecule has 1 atom stereocenters. The van der Waals surface area contributed by atoms with Crippen LogP contribution in [0, 0.1) is 5.41 Å². The second kappa shape index (κ2) is 4.16. The summed E-state index contributed by atoms with van der Waals surface area (Å²) in [5.41, 5.74) is -0.398. The van der Waals surface area contributed by atoms with E-state index in [1.165, 1.54) is 4.68 Å². The topological polar surface area (TPSA) is 39.8 Å². The van der Waals surface area contributed by atoms with Crippen molar-refractivity contribution in [3.8, 4) is 0 Å². The highest BCUT2D eigenvalue weighted by Crippen LogP contribution is 2.76. The van der Waals surface area contributed by atoms with Crippen molar-refractivity contribution in [1.82, 2.24) is 14.3 Å². The molecule has 4 nitrogen and oxygen atoms in total. The van der Waals surface area contributed by atoms with Crippen LogP contribution < -0.4 is 5.69 Å². The van der Waals surface area contributed by atoms with Gasteiger partial charge in [0.15, 0.2) is 0 Å². The van der Waals surface area contributed by atoms with Crippen LogP contribution in [0.2, 0.25) is 0 Å². The Morgan fingerprint density at radius 2 is 1.88 bits per heavy atom. The lowest BCUT2D eigenvalue weighted by molar-refractivity contribution is -0.301. The van der Waals surface area contributed by atoms with Gasteiger partial charge in [0, 0.05) is 11.8 Å². The molecule has 0 spiro atoms. The second-order valence-corrected chi connectivity index (χ2v) is 7.87. The molecule has 3 saturated carbocycles. The maximum atomic E-state index is 13.7. The van der Waals surface area contributed by atoms with Gasteiger partial charge in [0.25, 0.3) is 5.92 Å². The van der Waals surface area contributed by atoms with Crippen LogP contribution in [0.1, 0.15) is 50.0 Å². The Kier molecular flexibility index (Phi) is 2.49. The number of hydrogen-bond donors (Lipinski definition) is 0. The number of nitrogens with zero attached hydrogens (tertiary/aromatic N) is 3. The van der Waals surface area contributed by atoms with Gasteiger partial charge in [-0.3, -0.25) is 4.57 Å². The summed E-state index contributed by atoms with van der Waals surface area (Å²) in [5, 5.41) is 4.53. The number of aryl methyl sites for hydroxylation is 1. The van der Waals surface area contributed by atoms with E-state index in [1.54, 1.807) is 4.57 Å². The Bertz CT molecular complexity index is 858. The van der Waals surface area contributed by atoms with Crippen LogP contribution in [0.15, 0.2) is 35.1 Å². The standard InChI is InChI=1S/C18H19F2N3O/c1-16(19,20)17-9-18(10-17,11-17)23-15(24)22-13(7-8-14(22)21-23)12-5-3-2-4-6-12/h2-6,13H,7-11H2,1H3/t13-,17?,18?/m0/s1. The summed E-state index contributed by atoms with van der Waals surface area (Å²) in [4.78, 5) is 12.9. The van der Waals surface area contributed by atoms with E-state index in [-0.39, 0.29) is 11.7 Å². The highest BCUT2D eigenvalue weighted by molar-refractivity contribution is 5.26. The van der Waals surface area contributed by atoms with Gasteiger partial charge in [0.05, 0.1) is 11.6 Å². The predicted molar refractivity (Wildman–Crippen MR) is 84.3 cm³/mol. The number of alkyl halides is 2. The first-order valence-electron chi connectivity index (χ1n) is 8.49. The number of hydrogen-bond acceptors (Lipinski definition) is 2. The summed E-state index contributed by atoms with van der Waals surface area (Å²) in [7, 11) is 0. The van der Waals surface area contributed by atoms with Crippen LogP contribution in [-0.2, 0) is 12.0 Å². The van der Waals surface area contributed by atoms with E-state index < -0.39 is 16.9 Å². The summed E-state index contributed by atoms with van der Waals surface area (Å²) in [6.45, 7) is 0.997. The van der Waals surface area contributed by atoms with Crippen molar-refractivity contribution in [3.05, 3.63) is 52.2 Å². The molecule has 126 valence electrons. The number of benzene rings is 1. The molecule has 1 aliphatic heterocycles. The van der Waals surface area contributed by atoms with Gasteiger partial charge in [-0.1, -0.05) is 30.3 Å². The molecule has 1 aromatic heterocycles. The number of fused-ring (bicyclic) bond motifs is 1. The molecule has 6 heteroatoms. The molecule has 0 N–H and O–H groups in total. The van der Waals surface area contributed by atoms with E-state index >= 15 is 0 Å². The summed E-state index contributed by atoms with van der Waals surface area (Å²) in [6, 6.07) is 9.96. The first-order chi connectivity index (χ1) is 11.4. The largest absolute Gasteiger partial charge is 0.347 e. The Morgan fingerprint density at radius 3 is 2.50 bits per heavy atom. The minimum absolute atomic E-state index is 0.0105. The summed E-state index contributed by atoms with van der Waals surface area (Å²) in [6.07, 6.45) is 2.74. The number of rotatable bonds is 3. The zero-order chi connectivity index (χ0) is 16.7. The Labute approximate surface area is 138 Å². The van der Waals surface area contributed by atoms with Gasteiger partial charge in [-0.15, -0.1) is 0 Å². The molecule has 0 unspecified atom stereocenters. The highest BCUT2D eigenvalue weighted by Gasteiger charge is 2.77. The smallest absolute Gasteiger partial charge is 0.271 e. The molecule has 2 heterocycles. The predicted octanol–water partition coefficient (Wildman–Crippen LogP) is 3.11. The fourth-order valence-corrected chi connectivity index (χ4v) is 5.02. The first-order valence-corrected chi connectivity index (χ1v) is 8.49. The molecule has 3 aliphatic carbocycles. The van der Waals surface area contributed by atoms with Gasteiger partial charge in [0.1, 0.15) is 5.82 Å². The van der Waals surface area contributed by atoms with Gasteiger partial charge in [-0.05, 0) is 38.2 Å².